The van der Waals surface area contributed by atoms with Crippen molar-refractivity contribution in [1.82, 2.24) is 20.2 Å². The number of nitrogens with one attached hydrogen (secondary N) is 2. The number of alkyl halides is 3. The zero-order chi connectivity index (χ0) is 17.9. The van der Waals surface area contributed by atoms with Gasteiger partial charge in [0.2, 0.25) is 5.82 Å². The first kappa shape index (κ1) is 18.3. The maximum absolute atomic E-state index is 13.2. The Balaban J connectivity index is 2.33. The van der Waals surface area contributed by atoms with Crippen molar-refractivity contribution < 1.29 is 18.0 Å². The van der Waals surface area contributed by atoms with Crippen LogP contribution in [0.4, 0.5) is 13.2 Å². The summed E-state index contributed by atoms with van der Waals surface area (Å²) in [5.74, 6) is -1.26. The molecule has 2 aromatic rings. The van der Waals surface area contributed by atoms with Gasteiger partial charge in [-0.05, 0) is 52.1 Å². The van der Waals surface area contributed by atoms with Crippen molar-refractivity contribution in [3.8, 4) is 0 Å². The SMILES string of the molecule is CNCCCNC(=O)c1ccc2c(c1)nc(C(F)(F)F)n2C(C)C. The van der Waals surface area contributed by atoms with Crippen LogP contribution in [0.2, 0.25) is 0 Å². The number of imidazole rings is 1. The molecular weight excluding hydrogens is 321 g/mol. The van der Waals surface area contributed by atoms with Gasteiger partial charge in [-0.2, -0.15) is 13.2 Å². The molecule has 0 saturated carbocycles. The maximum Gasteiger partial charge on any atom is 0.449 e. The number of aromatic nitrogens is 2. The lowest BCUT2D eigenvalue weighted by molar-refractivity contribution is -0.147. The maximum atomic E-state index is 13.2. The van der Waals surface area contributed by atoms with E-state index in [1.165, 1.54) is 18.2 Å². The molecule has 0 aliphatic carbocycles. The number of hydrogen-bond donors (Lipinski definition) is 2. The molecule has 0 radical (unpaired) electrons. The molecule has 1 amide bonds. The standard InChI is InChI=1S/C16H21F3N4O/c1-10(2)23-13-6-5-11(14(24)21-8-4-7-20-3)9-12(13)22-15(23)16(17,18)19/h5-6,9-10,20H,4,7-8H2,1-3H3,(H,21,24). The lowest BCUT2D eigenvalue weighted by Crippen LogP contribution is -2.26. The summed E-state index contributed by atoms with van der Waals surface area (Å²) in [6.45, 7) is 4.59. The third-order valence-corrected chi connectivity index (χ3v) is 3.61. The molecule has 2 N–H and O–H groups in total. The molecule has 0 bridgehead atoms. The molecule has 0 spiro atoms. The van der Waals surface area contributed by atoms with Crippen LogP contribution in [0, 0.1) is 0 Å². The van der Waals surface area contributed by atoms with Crippen molar-refractivity contribution in [3.05, 3.63) is 29.6 Å². The number of fused-ring (bicyclic) bond motifs is 1. The van der Waals surface area contributed by atoms with Crippen LogP contribution in [-0.2, 0) is 6.18 Å². The lowest BCUT2D eigenvalue weighted by atomic mass is 10.2. The van der Waals surface area contributed by atoms with E-state index in [0.717, 1.165) is 17.5 Å². The highest BCUT2D eigenvalue weighted by Gasteiger charge is 2.38. The monoisotopic (exact) mass is 342 g/mol. The largest absolute Gasteiger partial charge is 0.449 e. The average Bonchev–Trinajstić information content (AvgIpc) is 2.90. The minimum atomic E-state index is -4.54. The van der Waals surface area contributed by atoms with Crippen molar-refractivity contribution in [1.29, 1.82) is 0 Å². The molecule has 0 fully saturated rings. The first-order valence-corrected chi connectivity index (χ1v) is 7.77. The number of hydrogen-bond acceptors (Lipinski definition) is 3. The van der Waals surface area contributed by atoms with E-state index in [1.807, 2.05) is 7.05 Å². The summed E-state index contributed by atoms with van der Waals surface area (Å²) in [7, 11) is 1.82. The molecule has 0 aliphatic heterocycles. The second kappa shape index (κ2) is 7.21. The number of benzene rings is 1. The van der Waals surface area contributed by atoms with Crippen LogP contribution in [0.25, 0.3) is 11.0 Å². The molecule has 24 heavy (non-hydrogen) atoms. The summed E-state index contributed by atoms with van der Waals surface area (Å²) in [5.41, 5.74) is 0.831. The highest BCUT2D eigenvalue weighted by atomic mass is 19.4. The second-order valence-electron chi connectivity index (χ2n) is 5.81. The average molecular weight is 342 g/mol. The lowest BCUT2D eigenvalue weighted by Gasteiger charge is -2.14. The van der Waals surface area contributed by atoms with Crippen molar-refractivity contribution in [3.63, 3.8) is 0 Å². The number of carbonyl (C=O) groups is 1. The normalized spacial score (nSPS) is 12.1. The Morgan fingerprint density at radius 3 is 2.58 bits per heavy atom. The third-order valence-electron chi connectivity index (χ3n) is 3.61. The van der Waals surface area contributed by atoms with Crippen molar-refractivity contribution in [2.75, 3.05) is 20.1 Å². The van der Waals surface area contributed by atoms with E-state index in [9.17, 15) is 18.0 Å². The van der Waals surface area contributed by atoms with Gasteiger partial charge in [-0.15, -0.1) is 0 Å². The van der Waals surface area contributed by atoms with Gasteiger partial charge in [0.05, 0.1) is 11.0 Å². The minimum Gasteiger partial charge on any atom is -0.352 e. The van der Waals surface area contributed by atoms with Gasteiger partial charge in [0, 0.05) is 18.2 Å². The van der Waals surface area contributed by atoms with Crippen molar-refractivity contribution in [2.45, 2.75) is 32.5 Å². The Hall–Kier alpha value is -2.09. The Kier molecular flexibility index (Phi) is 5.48. The van der Waals surface area contributed by atoms with Crippen LogP contribution < -0.4 is 10.6 Å². The predicted molar refractivity (Wildman–Crippen MR) is 86.0 cm³/mol. The van der Waals surface area contributed by atoms with Crippen molar-refractivity contribution >= 4 is 16.9 Å². The van der Waals surface area contributed by atoms with Crippen LogP contribution in [0.5, 0.6) is 0 Å². The molecule has 2 rings (SSSR count). The Morgan fingerprint density at radius 2 is 2.00 bits per heavy atom. The first-order valence-electron chi connectivity index (χ1n) is 7.77. The van der Waals surface area contributed by atoms with Crippen LogP contribution in [0.15, 0.2) is 18.2 Å². The van der Waals surface area contributed by atoms with E-state index in [0.29, 0.717) is 17.6 Å². The smallest absolute Gasteiger partial charge is 0.352 e. The number of carbonyl (C=O) groups excluding carboxylic acids is 1. The van der Waals surface area contributed by atoms with Gasteiger partial charge in [-0.3, -0.25) is 4.79 Å². The fourth-order valence-electron chi connectivity index (χ4n) is 2.53. The van der Waals surface area contributed by atoms with E-state index in [2.05, 4.69) is 15.6 Å². The molecule has 0 atom stereocenters. The van der Waals surface area contributed by atoms with Gasteiger partial charge in [0.25, 0.3) is 5.91 Å². The molecule has 5 nitrogen and oxygen atoms in total. The van der Waals surface area contributed by atoms with E-state index in [1.54, 1.807) is 13.8 Å². The van der Waals surface area contributed by atoms with Crippen molar-refractivity contribution in [2.24, 2.45) is 0 Å². The molecule has 132 valence electrons. The molecule has 1 heterocycles. The van der Waals surface area contributed by atoms with Gasteiger partial charge >= 0.3 is 6.18 Å². The molecule has 8 heteroatoms. The highest BCUT2D eigenvalue weighted by Crippen LogP contribution is 2.33. The molecule has 0 aliphatic rings. The van der Waals surface area contributed by atoms with Gasteiger partial charge in [-0.1, -0.05) is 0 Å². The quantitative estimate of drug-likeness (QED) is 0.794. The van der Waals surface area contributed by atoms with Gasteiger partial charge in [0.15, 0.2) is 0 Å². The number of halogens is 3. The summed E-state index contributed by atoms with van der Waals surface area (Å²) in [4.78, 5) is 15.8. The summed E-state index contributed by atoms with van der Waals surface area (Å²) in [6, 6.07) is 4.04. The Bertz CT molecular complexity index is 722. The number of amides is 1. The fourth-order valence-corrected chi connectivity index (χ4v) is 2.53. The number of nitrogens with zero attached hydrogens (tertiary/aromatic N) is 2. The van der Waals surface area contributed by atoms with Crippen LogP contribution in [0.1, 0.15) is 42.5 Å². The Morgan fingerprint density at radius 1 is 1.29 bits per heavy atom. The molecular formula is C16H21F3N4O. The van der Waals surface area contributed by atoms with Gasteiger partial charge in [-0.25, -0.2) is 4.98 Å². The molecule has 0 saturated heterocycles. The summed E-state index contributed by atoms with van der Waals surface area (Å²) >= 11 is 0. The van der Waals surface area contributed by atoms with E-state index in [-0.39, 0.29) is 11.4 Å². The van der Waals surface area contributed by atoms with Crippen LogP contribution in [0.3, 0.4) is 0 Å². The summed E-state index contributed by atoms with van der Waals surface area (Å²) in [5, 5.41) is 5.71. The zero-order valence-corrected chi connectivity index (χ0v) is 13.9. The highest BCUT2D eigenvalue weighted by molar-refractivity contribution is 5.97. The van der Waals surface area contributed by atoms with Gasteiger partial charge < -0.3 is 15.2 Å². The second-order valence-corrected chi connectivity index (χ2v) is 5.81. The van der Waals surface area contributed by atoms with E-state index >= 15 is 0 Å². The van der Waals surface area contributed by atoms with E-state index in [4.69, 9.17) is 0 Å². The predicted octanol–water partition coefficient (Wildman–Crippen LogP) is 2.98. The molecule has 1 aromatic carbocycles. The minimum absolute atomic E-state index is 0.166. The van der Waals surface area contributed by atoms with Crippen LogP contribution >= 0.6 is 0 Å². The summed E-state index contributed by atoms with van der Waals surface area (Å²) in [6.07, 6.45) is -3.77. The topological polar surface area (TPSA) is 58.9 Å². The first-order chi connectivity index (χ1) is 11.3. The molecule has 1 aromatic heterocycles. The Labute approximate surface area is 138 Å². The fraction of sp³-hybridized carbons (Fsp3) is 0.500. The third kappa shape index (κ3) is 3.87. The van der Waals surface area contributed by atoms with Gasteiger partial charge in [0.1, 0.15) is 0 Å². The molecule has 0 unspecified atom stereocenters. The zero-order valence-electron chi connectivity index (χ0n) is 13.9. The van der Waals surface area contributed by atoms with E-state index < -0.39 is 18.0 Å². The summed E-state index contributed by atoms with van der Waals surface area (Å²) < 4.78 is 40.7. The number of rotatable bonds is 6. The van der Waals surface area contributed by atoms with Crippen LogP contribution in [-0.4, -0.2) is 35.6 Å².